The summed E-state index contributed by atoms with van der Waals surface area (Å²) >= 11 is 0. The average molecular weight is 402 g/mol. The van der Waals surface area contributed by atoms with Gasteiger partial charge in [-0.15, -0.1) is 0 Å². The molecule has 0 radical (unpaired) electrons. The van der Waals surface area contributed by atoms with E-state index in [1.54, 1.807) is 21.8 Å². The van der Waals surface area contributed by atoms with Crippen molar-refractivity contribution in [1.29, 1.82) is 0 Å². The highest BCUT2D eigenvalue weighted by atomic mass is 16.2. The number of hydrogen-bond donors (Lipinski definition) is 1. The lowest BCUT2D eigenvalue weighted by molar-refractivity contribution is -0.122. The predicted molar refractivity (Wildman–Crippen MR) is 117 cm³/mol. The van der Waals surface area contributed by atoms with Crippen LogP contribution >= 0.6 is 0 Å². The van der Waals surface area contributed by atoms with Crippen LogP contribution in [0.1, 0.15) is 37.3 Å². The summed E-state index contributed by atoms with van der Waals surface area (Å²) in [6.07, 6.45) is 1.88. The van der Waals surface area contributed by atoms with Crippen molar-refractivity contribution < 1.29 is 9.59 Å². The Morgan fingerprint density at radius 3 is 2.70 bits per heavy atom. The number of benzene rings is 2. The highest BCUT2D eigenvalue weighted by Gasteiger charge is 2.35. The quantitative estimate of drug-likeness (QED) is 0.676. The van der Waals surface area contributed by atoms with E-state index in [4.69, 9.17) is 0 Å². The van der Waals surface area contributed by atoms with Gasteiger partial charge in [0.1, 0.15) is 5.82 Å². The lowest BCUT2D eigenvalue weighted by Gasteiger charge is -2.18. The molecule has 3 aromatic rings. The minimum Gasteiger partial charge on any atom is -0.312 e. The Morgan fingerprint density at radius 1 is 1.13 bits per heavy atom. The predicted octanol–water partition coefficient (Wildman–Crippen LogP) is 4.05. The van der Waals surface area contributed by atoms with Gasteiger partial charge in [-0.1, -0.05) is 56.3 Å². The number of carbonyl (C=O) groups excluding carboxylic acids is 2. The molecule has 1 aliphatic rings. The Balaban J connectivity index is 1.44. The van der Waals surface area contributed by atoms with Crippen LogP contribution in [0, 0.1) is 5.92 Å². The van der Waals surface area contributed by atoms with Gasteiger partial charge in [0.05, 0.1) is 18.7 Å². The first-order valence-electron chi connectivity index (χ1n) is 10.3. The summed E-state index contributed by atoms with van der Waals surface area (Å²) < 4.78 is 1.76. The second-order valence-corrected chi connectivity index (χ2v) is 8.00. The van der Waals surface area contributed by atoms with Gasteiger partial charge in [0.2, 0.25) is 11.8 Å². The van der Waals surface area contributed by atoms with Crippen LogP contribution in [0.3, 0.4) is 0 Å². The molecule has 4 rings (SSSR count). The zero-order valence-corrected chi connectivity index (χ0v) is 17.3. The van der Waals surface area contributed by atoms with Crippen LogP contribution in [0.25, 0.3) is 0 Å². The second-order valence-electron chi connectivity index (χ2n) is 8.00. The Kier molecular flexibility index (Phi) is 5.65. The van der Waals surface area contributed by atoms with E-state index >= 15 is 0 Å². The van der Waals surface area contributed by atoms with Gasteiger partial charge in [-0.05, 0) is 29.2 Å². The molecule has 0 aliphatic carbocycles. The zero-order valence-electron chi connectivity index (χ0n) is 17.3. The van der Waals surface area contributed by atoms with Crippen LogP contribution < -0.4 is 10.2 Å². The maximum atomic E-state index is 12.9. The molecule has 0 saturated carbocycles. The van der Waals surface area contributed by atoms with Crippen molar-refractivity contribution in [2.45, 2.75) is 32.7 Å². The summed E-state index contributed by atoms with van der Waals surface area (Å²) in [5.41, 5.74) is 3.14. The molecular formula is C24H26N4O2. The van der Waals surface area contributed by atoms with E-state index in [1.807, 2.05) is 48.5 Å². The van der Waals surface area contributed by atoms with Crippen molar-refractivity contribution in [2.75, 3.05) is 16.8 Å². The SMILES string of the molecule is CC(C)c1cccc(N2CC(C(=O)Nc3ccnn3Cc3ccccc3)CC2=O)c1. The molecule has 1 aromatic heterocycles. The standard InChI is InChI=1S/C24H26N4O2/c1-17(2)19-9-6-10-21(13-19)27-16-20(14-23(27)29)24(30)26-22-11-12-25-28(22)15-18-7-4-3-5-8-18/h3-13,17,20H,14-16H2,1-2H3,(H,26,30). The minimum absolute atomic E-state index is 0.0196. The molecule has 6 heteroatoms. The van der Waals surface area contributed by atoms with Gasteiger partial charge < -0.3 is 10.2 Å². The monoisotopic (exact) mass is 402 g/mol. The van der Waals surface area contributed by atoms with E-state index in [-0.39, 0.29) is 24.2 Å². The van der Waals surface area contributed by atoms with Crippen molar-refractivity contribution in [1.82, 2.24) is 9.78 Å². The molecule has 1 atom stereocenters. The smallest absolute Gasteiger partial charge is 0.230 e. The molecule has 0 bridgehead atoms. The van der Waals surface area contributed by atoms with Crippen LogP contribution in [0.4, 0.5) is 11.5 Å². The van der Waals surface area contributed by atoms with Gasteiger partial charge >= 0.3 is 0 Å². The maximum Gasteiger partial charge on any atom is 0.230 e. The first kappa shape index (κ1) is 19.9. The van der Waals surface area contributed by atoms with E-state index in [0.29, 0.717) is 24.8 Å². The van der Waals surface area contributed by atoms with Gasteiger partial charge in [0.25, 0.3) is 0 Å². The van der Waals surface area contributed by atoms with Gasteiger partial charge in [-0.3, -0.25) is 9.59 Å². The molecule has 1 N–H and O–H groups in total. The summed E-state index contributed by atoms with van der Waals surface area (Å²) in [5, 5.41) is 7.28. The van der Waals surface area contributed by atoms with E-state index in [0.717, 1.165) is 11.3 Å². The van der Waals surface area contributed by atoms with Crippen molar-refractivity contribution in [2.24, 2.45) is 5.92 Å². The molecule has 1 fully saturated rings. The molecule has 30 heavy (non-hydrogen) atoms. The van der Waals surface area contributed by atoms with Crippen molar-refractivity contribution in [3.05, 3.63) is 78.0 Å². The van der Waals surface area contributed by atoms with Crippen molar-refractivity contribution >= 4 is 23.3 Å². The van der Waals surface area contributed by atoms with E-state index < -0.39 is 0 Å². The molecular weight excluding hydrogens is 376 g/mol. The Bertz CT molecular complexity index is 1040. The second kappa shape index (κ2) is 8.53. The summed E-state index contributed by atoms with van der Waals surface area (Å²) in [4.78, 5) is 27.2. The third-order valence-corrected chi connectivity index (χ3v) is 5.49. The molecule has 0 spiro atoms. The van der Waals surface area contributed by atoms with E-state index in [1.165, 1.54) is 5.56 Å². The van der Waals surface area contributed by atoms with Gasteiger partial charge in [0, 0.05) is 24.7 Å². The fourth-order valence-corrected chi connectivity index (χ4v) is 3.73. The third-order valence-electron chi connectivity index (χ3n) is 5.49. The highest BCUT2D eigenvalue weighted by molar-refractivity contribution is 6.03. The lowest BCUT2D eigenvalue weighted by Crippen LogP contribution is -2.28. The largest absolute Gasteiger partial charge is 0.312 e. The van der Waals surface area contributed by atoms with Gasteiger partial charge in [0.15, 0.2) is 0 Å². The normalized spacial score (nSPS) is 16.3. The topological polar surface area (TPSA) is 67.2 Å². The number of nitrogens with one attached hydrogen (secondary N) is 1. The van der Waals surface area contributed by atoms with Crippen LogP contribution in [0.2, 0.25) is 0 Å². The molecule has 2 aromatic carbocycles. The van der Waals surface area contributed by atoms with Crippen LogP contribution in [-0.4, -0.2) is 28.1 Å². The Morgan fingerprint density at radius 2 is 1.93 bits per heavy atom. The first-order chi connectivity index (χ1) is 14.5. The lowest BCUT2D eigenvalue weighted by atomic mass is 10.0. The van der Waals surface area contributed by atoms with Crippen molar-refractivity contribution in [3.63, 3.8) is 0 Å². The average Bonchev–Trinajstić information content (AvgIpc) is 3.35. The molecule has 2 heterocycles. The van der Waals surface area contributed by atoms with Crippen LogP contribution in [0.15, 0.2) is 66.9 Å². The Hall–Kier alpha value is -3.41. The number of hydrogen-bond acceptors (Lipinski definition) is 3. The fraction of sp³-hybridized carbons (Fsp3) is 0.292. The maximum absolute atomic E-state index is 12.9. The van der Waals surface area contributed by atoms with Crippen LogP contribution in [0.5, 0.6) is 0 Å². The minimum atomic E-state index is -0.389. The summed E-state index contributed by atoms with van der Waals surface area (Å²) in [7, 11) is 0. The van der Waals surface area contributed by atoms with Crippen LogP contribution in [-0.2, 0) is 16.1 Å². The molecule has 6 nitrogen and oxygen atoms in total. The third kappa shape index (κ3) is 4.27. The summed E-state index contributed by atoms with van der Waals surface area (Å²) in [6.45, 7) is 5.21. The summed E-state index contributed by atoms with van der Waals surface area (Å²) in [5.74, 6) is 0.456. The fourth-order valence-electron chi connectivity index (χ4n) is 3.73. The number of nitrogens with zero attached hydrogens (tertiary/aromatic N) is 3. The van der Waals surface area contributed by atoms with E-state index in [2.05, 4.69) is 30.3 Å². The molecule has 1 aliphatic heterocycles. The number of amides is 2. The number of aromatic nitrogens is 2. The zero-order chi connectivity index (χ0) is 21.1. The number of anilines is 2. The van der Waals surface area contributed by atoms with Gasteiger partial charge in [-0.2, -0.15) is 5.10 Å². The Labute approximate surface area is 176 Å². The molecule has 1 saturated heterocycles. The highest BCUT2D eigenvalue weighted by Crippen LogP contribution is 2.28. The summed E-state index contributed by atoms with van der Waals surface area (Å²) in [6, 6.07) is 19.7. The van der Waals surface area contributed by atoms with Crippen molar-refractivity contribution in [3.8, 4) is 0 Å². The molecule has 1 unspecified atom stereocenters. The number of carbonyl (C=O) groups is 2. The molecule has 2 amide bonds. The number of rotatable bonds is 6. The first-order valence-corrected chi connectivity index (χ1v) is 10.3. The van der Waals surface area contributed by atoms with E-state index in [9.17, 15) is 9.59 Å². The molecule has 154 valence electrons. The van der Waals surface area contributed by atoms with Gasteiger partial charge in [-0.25, -0.2) is 4.68 Å².